The molecule has 1 aliphatic heterocycles. The maximum Gasteiger partial charge on any atom is 0.332 e. The highest BCUT2D eigenvalue weighted by Crippen LogP contribution is 2.25. The van der Waals surface area contributed by atoms with Gasteiger partial charge in [-0.1, -0.05) is 31.0 Å². The van der Waals surface area contributed by atoms with Crippen molar-refractivity contribution in [3.8, 4) is 0 Å². The standard InChI is InChI=1S/C22H27ClFN5O2/c1-4-14-8-5-6-11-28(14)13-18-25-20-19(21(30)27(3)22(31)26(20)2)29(18)12-15-16(23)9-7-10-17(15)24/h7,9-10,14H,4-6,8,11-13H2,1-3H3/t14-/m1/s1. The van der Waals surface area contributed by atoms with Crippen LogP contribution in [0.5, 0.6) is 0 Å². The monoisotopic (exact) mass is 447 g/mol. The molecule has 1 aliphatic rings. The van der Waals surface area contributed by atoms with Crippen molar-refractivity contribution in [2.45, 2.75) is 51.7 Å². The van der Waals surface area contributed by atoms with Gasteiger partial charge in [0.1, 0.15) is 11.6 Å². The van der Waals surface area contributed by atoms with Crippen molar-refractivity contribution < 1.29 is 4.39 Å². The van der Waals surface area contributed by atoms with Crippen molar-refractivity contribution in [1.82, 2.24) is 23.6 Å². The van der Waals surface area contributed by atoms with Crippen LogP contribution >= 0.6 is 11.6 Å². The van der Waals surface area contributed by atoms with Gasteiger partial charge in [-0.15, -0.1) is 0 Å². The van der Waals surface area contributed by atoms with E-state index in [2.05, 4.69) is 11.8 Å². The zero-order valence-corrected chi connectivity index (χ0v) is 18.8. The molecule has 0 bridgehead atoms. The largest absolute Gasteiger partial charge is 0.332 e. The Morgan fingerprint density at radius 1 is 1.16 bits per heavy atom. The summed E-state index contributed by atoms with van der Waals surface area (Å²) in [6.45, 7) is 3.70. The topological polar surface area (TPSA) is 65.1 Å². The summed E-state index contributed by atoms with van der Waals surface area (Å²) in [7, 11) is 3.03. The molecule has 7 nitrogen and oxygen atoms in total. The molecule has 0 saturated carbocycles. The van der Waals surface area contributed by atoms with Crippen LogP contribution in [0.4, 0.5) is 4.39 Å². The van der Waals surface area contributed by atoms with Gasteiger partial charge in [0.05, 0.1) is 13.1 Å². The fourth-order valence-corrected chi connectivity index (χ4v) is 4.76. The summed E-state index contributed by atoms with van der Waals surface area (Å²) in [5.41, 5.74) is -0.00654. The number of rotatable bonds is 5. The number of fused-ring (bicyclic) bond motifs is 1. The fraction of sp³-hybridized carbons (Fsp3) is 0.500. The van der Waals surface area contributed by atoms with Crippen molar-refractivity contribution in [3.05, 3.63) is 61.3 Å². The van der Waals surface area contributed by atoms with E-state index >= 15 is 0 Å². The van der Waals surface area contributed by atoms with Crippen LogP contribution < -0.4 is 11.2 Å². The summed E-state index contributed by atoms with van der Waals surface area (Å²) in [5, 5.41) is 0.291. The fourth-order valence-electron chi connectivity index (χ4n) is 4.54. The molecule has 0 radical (unpaired) electrons. The van der Waals surface area contributed by atoms with Crippen LogP contribution in [-0.4, -0.2) is 36.2 Å². The van der Waals surface area contributed by atoms with Gasteiger partial charge in [0.2, 0.25) is 0 Å². The second kappa shape index (κ2) is 8.59. The molecule has 0 amide bonds. The van der Waals surface area contributed by atoms with Crippen LogP contribution in [0.1, 0.15) is 44.0 Å². The predicted molar refractivity (Wildman–Crippen MR) is 119 cm³/mol. The van der Waals surface area contributed by atoms with Crippen LogP contribution in [-0.2, 0) is 27.2 Å². The zero-order valence-electron chi connectivity index (χ0n) is 18.1. The summed E-state index contributed by atoms with van der Waals surface area (Å²) >= 11 is 6.29. The third-order valence-corrected chi connectivity index (χ3v) is 6.72. The summed E-state index contributed by atoms with van der Waals surface area (Å²) in [5.74, 6) is 0.194. The first-order valence-corrected chi connectivity index (χ1v) is 11.0. The van der Waals surface area contributed by atoms with Crippen molar-refractivity contribution in [2.24, 2.45) is 14.1 Å². The minimum atomic E-state index is -0.449. The third-order valence-electron chi connectivity index (χ3n) is 6.37. The summed E-state index contributed by atoms with van der Waals surface area (Å²) < 4.78 is 18.8. The number of piperidine rings is 1. The van der Waals surface area contributed by atoms with Crippen LogP contribution in [0, 0.1) is 5.82 Å². The van der Waals surface area contributed by atoms with Gasteiger partial charge < -0.3 is 4.57 Å². The molecule has 2 aromatic heterocycles. The number of nitrogens with zero attached hydrogens (tertiary/aromatic N) is 5. The Morgan fingerprint density at radius 3 is 2.65 bits per heavy atom. The number of hydrogen-bond donors (Lipinski definition) is 0. The molecular formula is C22H27ClFN5O2. The Balaban J connectivity index is 1.91. The van der Waals surface area contributed by atoms with E-state index in [1.54, 1.807) is 23.7 Å². The number of aromatic nitrogens is 4. The molecule has 0 spiro atoms. The van der Waals surface area contributed by atoms with Gasteiger partial charge in [0.25, 0.3) is 5.56 Å². The second-order valence-corrected chi connectivity index (χ2v) is 8.63. The number of benzene rings is 1. The average Bonchev–Trinajstić information content (AvgIpc) is 3.12. The van der Waals surface area contributed by atoms with Crippen LogP contribution in [0.2, 0.25) is 5.02 Å². The number of halogens is 2. The third kappa shape index (κ3) is 3.83. The second-order valence-electron chi connectivity index (χ2n) is 8.22. The van der Waals surface area contributed by atoms with Crippen LogP contribution in [0.15, 0.2) is 27.8 Å². The molecule has 3 heterocycles. The summed E-state index contributed by atoms with van der Waals surface area (Å²) in [4.78, 5) is 32.6. The normalized spacial score (nSPS) is 17.5. The lowest BCUT2D eigenvalue weighted by Gasteiger charge is -2.34. The molecule has 1 aromatic carbocycles. The van der Waals surface area contributed by atoms with Gasteiger partial charge in [0, 0.05) is 30.7 Å². The molecule has 9 heteroatoms. The molecule has 1 saturated heterocycles. The molecule has 4 rings (SSSR count). The Kier molecular flexibility index (Phi) is 6.03. The Morgan fingerprint density at radius 2 is 1.94 bits per heavy atom. The number of hydrogen-bond acceptors (Lipinski definition) is 4. The first-order chi connectivity index (χ1) is 14.8. The van der Waals surface area contributed by atoms with Crippen molar-refractivity contribution in [1.29, 1.82) is 0 Å². The highest BCUT2D eigenvalue weighted by molar-refractivity contribution is 6.31. The number of aryl methyl sites for hydroxylation is 1. The lowest BCUT2D eigenvalue weighted by molar-refractivity contribution is 0.131. The zero-order chi connectivity index (χ0) is 22.3. The molecule has 3 aromatic rings. The van der Waals surface area contributed by atoms with E-state index < -0.39 is 17.1 Å². The quantitative estimate of drug-likeness (QED) is 0.603. The van der Waals surface area contributed by atoms with E-state index in [0.717, 1.165) is 30.4 Å². The maximum atomic E-state index is 14.6. The Labute approximate surface area is 184 Å². The molecule has 1 fully saturated rings. The highest BCUT2D eigenvalue weighted by Gasteiger charge is 2.26. The van der Waals surface area contributed by atoms with Gasteiger partial charge in [-0.3, -0.25) is 18.8 Å². The molecule has 166 valence electrons. The van der Waals surface area contributed by atoms with E-state index in [9.17, 15) is 14.0 Å². The minimum Gasteiger partial charge on any atom is -0.316 e. The average molecular weight is 448 g/mol. The van der Waals surface area contributed by atoms with E-state index in [4.69, 9.17) is 16.6 Å². The van der Waals surface area contributed by atoms with Crippen LogP contribution in [0.25, 0.3) is 11.2 Å². The first kappa shape index (κ1) is 21.8. The lowest BCUT2D eigenvalue weighted by atomic mass is 10.00. The van der Waals surface area contributed by atoms with Crippen molar-refractivity contribution >= 4 is 22.8 Å². The number of likely N-dealkylation sites (tertiary alicyclic amines) is 1. The smallest absolute Gasteiger partial charge is 0.316 e. The molecular weight excluding hydrogens is 421 g/mol. The summed E-state index contributed by atoms with van der Waals surface area (Å²) in [6.07, 6.45) is 4.46. The van der Waals surface area contributed by atoms with E-state index in [1.807, 2.05) is 0 Å². The SMILES string of the molecule is CC[C@@H]1CCCCN1Cc1nc2c(c(=O)n(C)c(=O)n2C)n1Cc1c(F)cccc1Cl. The molecule has 1 atom stereocenters. The molecule has 0 unspecified atom stereocenters. The number of imidazole rings is 1. The molecule has 0 aliphatic carbocycles. The van der Waals surface area contributed by atoms with Gasteiger partial charge in [-0.2, -0.15) is 0 Å². The summed E-state index contributed by atoms with van der Waals surface area (Å²) in [6, 6.07) is 4.97. The minimum absolute atomic E-state index is 0.0649. The van der Waals surface area contributed by atoms with Gasteiger partial charge in [-0.25, -0.2) is 14.2 Å². The molecule has 0 N–H and O–H groups in total. The van der Waals surface area contributed by atoms with Crippen molar-refractivity contribution in [2.75, 3.05) is 6.54 Å². The van der Waals surface area contributed by atoms with Gasteiger partial charge in [-0.05, 0) is 37.9 Å². The van der Waals surface area contributed by atoms with Crippen molar-refractivity contribution in [3.63, 3.8) is 0 Å². The van der Waals surface area contributed by atoms with E-state index in [-0.39, 0.29) is 12.1 Å². The predicted octanol–water partition coefficient (Wildman–Crippen LogP) is 3.04. The lowest BCUT2D eigenvalue weighted by Crippen LogP contribution is -2.39. The van der Waals surface area contributed by atoms with E-state index in [1.165, 1.54) is 24.1 Å². The Bertz CT molecular complexity index is 1230. The van der Waals surface area contributed by atoms with E-state index in [0.29, 0.717) is 34.6 Å². The molecule has 31 heavy (non-hydrogen) atoms. The highest BCUT2D eigenvalue weighted by atomic mass is 35.5. The maximum absolute atomic E-state index is 14.6. The first-order valence-electron chi connectivity index (χ1n) is 10.7. The Hall–Kier alpha value is -2.45. The van der Waals surface area contributed by atoms with Gasteiger partial charge >= 0.3 is 5.69 Å². The van der Waals surface area contributed by atoms with Crippen LogP contribution in [0.3, 0.4) is 0 Å². The van der Waals surface area contributed by atoms with Gasteiger partial charge in [0.15, 0.2) is 11.2 Å².